The van der Waals surface area contributed by atoms with E-state index in [9.17, 15) is 0 Å². The van der Waals surface area contributed by atoms with Gasteiger partial charge >= 0.3 is 0 Å². The number of nitrogens with zero attached hydrogens (tertiary/aromatic N) is 1. The average molecular weight is 159 g/mol. The fraction of sp³-hybridized carbons (Fsp3) is 0.273. The van der Waals surface area contributed by atoms with E-state index >= 15 is 0 Å². The smallest absolute Gasteiger partial charge is 0.0479 e. The molecule has 0 N–H and O–H groups in total. The Morgan fingerprint density at radius 1 is 1.42 bits per heavy atom. The largest absolute Gasteiger partial charge is 0.290 e. The third kappa shape index (κ3) is 1.41. The Bertz CT molecular complexity index is 266. The fourth-order valence-electron chi connectivity index (χ4n) is 1.53. The molecule has 0 saturated carbocycles. The number of rotatable bonds is 3. The molecule has 0 aromatic heterocycles. The Balaban J connectivity index is 2.01. The number of hydrogen-bond acceptors (Lipinski definition) is 1. The highest BCUT2D eigenvalue weighted by atomic mass is 15.3. The topological polar surface area (TPSA) is 3.01 Å². The van der Waals surface area contributed by atoms with Crippen LogP contribution in [0.15, 0.2) is 43.0 Å². The van der Waals surface area contributed by atoms with Crippen LogP contribution in [0, 0.1) is 0 Å². The second-order valence-electron chi connectivity index (χ2n) is 3.17. The standard InChI is InChI=1S/C11H13N/c1-2-8-12-9-11(12)10-6-4-3-5-7-10/h2-7,11H,1,8-9H2/t11-,12?/m0/s1. The molecule has 2 atom stereocenters. The number of hydrogen-bond donors (Lipinski definition) is 0. The van der Waals surface area contributed by atoms with Gasteiger partial charge in [0.2, 0.25) is 0 Å². The van der Waals surface area contributed by atoms with Crippen LogP contribution in [-0.2, 0) is 0 Å². The summed E-state index contributed by atoms with van der Waals surface area (Å²) >= 11 is 0. The predicted octanol–water partition coefficient (Wildman–Crippen LogP) is 2.23. The number of benzene rings is 1. The second-order valence-corrected chi connectivity index (χ2v) is 3.17. The van der Waals surface area contributed by atoms with Crippen LogP contribution >= 0.6 is 0 Å². The van der Waals surface area contributed by atoms with E-state index in [0.29, 0.717) is 6.04 Å². The van der Waals surface area contributed by atoms with Crippen molar-refractivity contribution in [2.75, 3.05) is 13.1 Å². The van der Waals surface area contributed by atoms with Crippen molar-refractivity contribution in [3.63, 3.8) is 0 Å². The van der Waals surface area contributed by atoms with Crippen molar-refractivity contribution in [3.05, 3.63) is 48.6 Å². The van der Waals surface area contributed by atoms with Crippen LogP contribution in [0.1, 0.15) is 11.6 Å². The molecule has 0 aliphatic carbocycles. The maximum atomic E-state index is 3.73. The Morgan fingerprint density at radius 3 is 2.83 bits per heavy atom. The van der Waals surface area contributed by atoms with E-state index in [1.165, 1.54) is 12.1 Å². The molecule has 1 aliphatic heterocycles. The molecule has 1 heterocycles. The molecule has 1 aromatic carbocycles. The molecule has 0 spiro atoms. The highest BCUT2D eigenvalue weighted by molar-refractivity contribution is 5.23. The van der Waals surface area contributed by atoms with Crippen molar-refractivity contribution >= 4 is 0 Å². The summed E-state index contributed by atoms with van der Waals surface area (Å²) in [4.78, 5) is 2.39. The van der Waals surface area contributed by atoms with Crippen molar-refractivity contribution < 1.29 is 0 Å². The molecule has 0 amide bonds. The zero-order chi connectivity index (χ0) is 8.39. The SMILES string of the molecule is C=CCN1C[C@H]1c1ccccc1. The lowest BCUT2D eigenvalue weighted by molar-refractivity contribution is 0.573. The summed E-state index contributed by atoms with van der Waals surface area (Å²) in [7, 11) is 0. The first-order valence-corrected chi connectivity index (χ1v) is 4.31. The third-order valence-corrected chi connectivity index (χ3v) is 2.26. The van der Waals surface area contributed by atoms with E-state index in [4.69, 9.17) is 0 Å². The summed E-state index contributed by atoms with van der Waals surface area (Å²) < 4.78 is 0. The molecule has 1 heteroatoms. The van der Waals surface area contributed by atoms with Gasteiger partial charge in [-0.15, -0.1) is 6.58 Å². The van der Waals surface area contributed by atoms with Gasteiger partial charge in [0, 0.05) is 19.1 Å². The van der Waals surface area contributed by atoms with Crippen molar-refractivity contribution in [3.8, 4) is 0 Å². The predicted molar refractivity (Wildman–Crippen MR) is 51.0 cm³/mol. The lowest BCUT2D eigenvalue weighted by Crippen LogP contribution is -1.96. The van der Waals surface area contributed by atoms with Crippen molar-refractivity contribution in [2.24, 2.45) is 0 Å². The zero-order valence-corrected chi connectivity index (χ0v) is 7.11. The minimum atomic E-state index is 0.657. The molecule has 0 radical (unpaired) electrons. The van der Waals surface area contributed by atoms with Crippen LogP contribution in [0.2, 0.25) is 0 Å². The normalized spacial score (nSPS) is 26.7. The van der Waals surface area contributed by atoms with Crippen molar-refractivity contribution in [2.45, 2.75) is 6.04 Å². The van der Waals surface area contributed by atoms with Gasteiger partial charge in [0.05, 0.1) is 0 Å². The second kappa shape index (κ2) is 3.11. The highest BCUT2D eigenvalue weighted by Gasteiger charge is 2.33. The minimum absolute atomic E-state index is 0.657. The van der Waals surface area contributed by atoms with Gasteiger partial charge in [-0.2, -0.15) is 0 Å². The van der Waals surface area contributed by atoms with Crippen LogP contribution in [0.4, 0.5) is 0 Å². The molecule has 0 bridgehead atoms. The molecule has 1 unspecified atom stereocenters. The Hall–Kier alpha value is -1.08. The van der Waals surface area contributed by atoms with Gasteiger partial charge in [0.25, 0.3) is 0 Å². The van der Waals surface area contributed by atoms with Crippen LogP contribution in [0.25, 0.3) is 0 Å². The van der Waals surface area contributed by atoms with Gasteiger partial charge in [-0.25, -0.2) is 0 Å². The Labute approximate surface area is 73.3 Å². The summed E-state index contributed by atoms with van der Waals surface area (Å²) in [6.07, 6.45) is 1.96. The van der Waals surface area contributed by atoms with E-state index in [2.05, 4.69) is 41.8 Å². The van der Waals surface area contributed by atoms with E-state index < -0.39 is 0 Å². The monoisotopic (exact) mass is 159 g/mol. The van der Waals surface area contributed by atoms with Crippen molar-refractivity contribution in [1.29, 1.82) is 0 Å². The molecule has 2 rings (SSSR count). The molecule has 1 saturated heterocycles. The van der Waals surface area contributed by atoms with E-state index in [1.807, 2.05) is 6.08 Å². The van der Waals surface area contributed by atoms with Crippen LogP contribution in [0.5, 0.6) is 0 Å². The van der Waals surface area contributed by atoms with Crippen LogP contribution < -0.4 is 0 Å². The molecule has 1 aliphatic rings. The maximum absolute atomic E-state index is 3.73. The molecular weight excluding hydrogens is 146 g/mol. The minimum Gasteiger partial charge on any atom is -0.290 e. The van der Waals surface area contributed by atoms with Crippen molar-refractivity contribution in [1.82, 2.24) is 4.90 Å². The summed E-state index contributed by atoms with van der Waals surface area (Å²) in [5, 5.41) is 0. The van der Waals surface area contributed by atoms with Crippen LogP contribution in [-0.4, -0.2) is 18.0 Å². The lowest BCUT2D eigenvalue weighted by atomic mass is 10.2. The molecule has 62 valence electrons. The summed E-state index contributed by atoms with van der Waals surface area (Å²) in [5.41, 5.74) is 1.43. The lowest BCUT2D eigenvalue weighted by Gasteiger charge is -1.98. The maximum Gasteiger partial charge on any atom is 0.0479 e. The summed E-state index contributed by atoms with van der Waals surface area (Å²) in [5.74, 6) is 0. The van der Waals surface area contributed by atoms with Gasteiger partial charge in [0.15, 0.2) is 0 Å². The quantitative estimate of drug-likeness (QED) is 0.483. The van der Waals surface area contributed by atoms with Crippen LogP contribution in [0.3, 0.4) is 0 Å². The van der Waals surface area contributed by atoms with E-state index in [1.54, 1.807) is 0 Å². The first kappa shape index (κ1) is 7.56. The van der Waals surface area contributed by atoms with Gasteiger partial charge in [0.1, 0.15) is 0 Å². The fourth-order valence-corrected chi connectivity index (χ4v) is 1.53. The Morgan fingerprint density at radius 2 is 2.17 bits per heavy atom. The highest BCUT2D eigenvalue weighted by Crippen LogP contribution is 2.33. The van der Waals surface area contributed by atoms with Gasteiger partial charge in [-0.05, 0) is 5.56 Å². The molecule has 1 aromatic rings. The molecular formula is C11H13N. The zero-order valence-electron chi connectivity index (χ0n) is 7.11. The first-order chi connectivity index (χ1) is 5.92. The van der Waals surface area contributed by atoms with Gasteiger partial charge < -0.3 is 0 Å². The average Bonchev–Trinajstić information content (AvgIpc) is 2.87. The van der Waals surface area contributed by atoms with Gasteiger partial charge in [-0.3, -0.25) is 4.90 Å². The molecule has 12 heavy (non-hydrogen) atoms. The van der Waals surface area contributed by atoms with Gasteiger partial charge in [-0.1, -0.05) is 36.4 Å². The molecule has 1 fully saturated rings. The molecule has 1 nitrogen and oxygen atoms in total. The van der Waals surface area contributed by atoms with E-state index in [-0.39, 0.29) is 0 Å². The van der Waals surface area contributed by atoms with E-state index in [0.717, 1.165) is 6.54 Å². The Kier molecular flexibility index (Phi) is 1.96. The first-order valence-electron chi connectivity index (χ1n) is 4.31. The summed E-state index contributed by atoms with van der Waals surface area (Å²) in [6, 6.07) is 11.3. The third-order valence-electron chi connectivity index (χ3n) is 2.26. The summed E-state index contributed by atoms with van der Waals surface area (Å²) in [6.45, 7) is 5.93.